The lowest BCUT2D eigenvalue weighted by atomic mass is 10.1. The lowest BCUT2D eigenvalue weighted by Gasteiger charge is -2.11. The summed E-state index contributed by atoms with van der Waals surface area (Å²) in [6.07, 6.45) is 0. The second-order valence-electron chi connectivity index (χ2n) is 6.26. The van der Waals surface area contributed by atoms with Crippen molar-refractivity contribution in [2.45, 2.75) is 0 Å². The van der Waals surface area contributed by atoms with Gasteiger partial charge in [0.25, 0.3) is 0 Å². The van der Waals surface area contributed by atoms with Crippen LogP contribution in [-0.4, -0.2) is 26.4 Å². The first kappa shape index (κ1) is 17.4. The molecule has 0 atom stereocenters. The number of ether oxygens (including phenoxy) is 3. The molecule has 3 nitrogen and oxygen atoms in total. The van der Waals surface area contributed by atoms with Crippen LogP contribution < -0.4 is 9.47 Å². The standard InChI is InChI=1S/C24H22O3/c1-3-11-21-19(7-1)9-5-13-23(21)26-17-15-25-16-18-27-24-14-6-10-20-8-2-4-12-22(20)24/h1-14H,15-18H2. The summed E-state index contributed by atoms with van der Waals surface area (Å²) in [4.78, 5) is 0. The van der Waals surface area contributed by atoms with Gasteiger partial charge in [0.2, 0.25) is 0 Å². The molecule has 0 aliphatic carbocycles. The lowest BCUT2D eigenvalue weighted by molar-refractivity contribution is 0.0771. The highest BCUT2D eigenvalue weighted by molar-refractivity contribution is 5.88. The molecule has 27 heavy (non-hydrogen) atoms. The SMILES string of the molecule is c1ccc2c(OCCOCCOc3cccc4ccccc34)cccc2c1. The molecule has 136 valence electrons. The highest BCUT2D eigenvalue weighted by Gasteiger charge is 2.02. The van der Waals surface area contributed by atoms with Gasteiger partial charge in [-0.25, -0.2) is 0 Å². The third-order valence-corrected chi connectivity index (χ3v) is 4.47. The topological polar surface area (TPSA) is 27.7 Å². The van der Waals surface area contributed by atoms with Gasteiger partial charge in [-0.15, -0.1) is 0 Å². The molecule has 3 heteroatoms. The van der Waals surface area contributed by atoms with E-state index in [9.17, 15) is 0 Å². The first-order valence-electron chi connectivity index (χ1n) is 9.21. The Labute approximate surface area is 159 Å². The molecule has 0 heterocycles. The van der Waals surface area contributed by atoms with Crippen LogP contribution in [0.3, 0.4) is 0 Å². The maximum Gasteiger partial charge on any atom is 0.127 e. The maximum absolute atomic E-state index is 5.88. The monoisotopic (exact) mass is 358 g/mol. The minimum absolute atomic E-state index is 0.516. The van der Waals surface area contributed by atoms with Gasteiger partial charge in [-0.1, -0.05) is 72.8 Å². The van der Waals surface area contributed by atoms with Crippen molar-refractivity contribution in [3.05, 3.63) is 84.9 Å². The van der Waals surface area contributed by atoms with Crippen molar-refractivity contribution < 1.29 is 14.2 Å². The molecule has 0 spiro atoms. The third-order valence-electron chi connectivity index (χ3n) is 4.47. The van der Waals surface area contributed by atoms with E-state index >= 15 is 0 Å². The van der Waals surface area contributed by atoms with E-state index in [0.717, 1.165) is 22.3 Å². The summed E-state index contributed by atoms with van der Waals surface area (Å²) in [5.74, 6) is 1.78. The molecule has 0 unspecified atom stereocenters. The minimum atomic E-state index is 0.516. The fourth-order valence-electron chi connectivity index (χ4n) is 3.17. The van der Waals surface area contributed by atoms with Crippen molar-refractivity contribution >= 4 is 21.5 Å². The summed E-state index contributed by atoms with van der Waals surface area (Å²) in [6.45, 7) is 2.09. The molecule has 0 bridgehead atoms. The molecule has 0 N–H and O–H groups in total. The predicted molar refractivity (Wildman–Crippen MR) is 110 cm³/mol. The van der Waals surface area contributed by atoms with Crippen molar-refractivity contribution in [2.75, 3.05) is 26.4 Å². The third kappa shape index (κ3) is 4.21. The summed E-state index contributed by atoms with van der Waals surface area (Å²) in [5, 5.41) is 4.61. The van der Waals surface area contributed by atoms with Crippen LogP contribution in [0.1, 0.15) is 0 Å². The summed E-state index contributed by atoms with van der Waals surface area (Å²) in [6, 6.07) is 28.6. The molecule has 4 aromatic rings. The Hall–Kier alpha value is -3.04. The van der Waals surface area contributed by atoms with Crippen LogP contribution in [0.2, 0.25) is 0 Å². The van der Waals surface area contributed by atoms with E-state index in [1.165, 1.54) is 10.8 Å². The Morgan fingerprint density at radius 1 is 0.444 bits per heavy atom. The molecule has 0 fully saturated rings. The molecule has 0 aliphatic rings. The van der Waals surface area contributed by atoms with Crippen LogP contribution in [0.15, 0.2) is 84.9 Å². The molecule has 0 aliphatic heterocycles. The van der Waals surface area contributed by atoms with E-state index in [-0.39, 0.29) is 0 Å². The Kier molecular flexibility index (Phi) is 5.51. The number of rotatable bonds is 8. The zero-order chi connectivity index (χ0) is 18.3. The van der Waals surface area contributed by atoms with Gasteiger partial charge in [0.1, 0.15) is 24.7 Å². The number of hydrogen-bond acceptors (Lipinski definition) is 3. The molecule has 0 saturated carbocycles. The fourth-order valence-corrected chi connectivity index (χ4v) is 3.17. The number of hydrogen-bond donors (Lipinski definition) is 0. The second kappa shape index (κ2) is 8.56. The van der Waals surface area contributed by atoms with Gasteiger partial charge in [-0.05, 0) is 22.9 Å². The molecule has 0 radical (unpaired) electrons. The van der Waals surface area contributed by atoms with E-state index < -0.39 is 0 Å². The van der Waals surface area contributed by atoms with Gasteiger partial charge in [-0.2, -0.15) is 0 Å². The normalized spacial score (nSPS) is 11.0. The van der Waals surface area contributed by atoms with Crippen molar-refractivity contribution in [3.8, 4) is 11.5 Å². The fraction of sp³-hybridized carbons (Fsp3) is 0.167. The Balaban J connectivity index is 1.22. The van der Waals surface area contributed by atoms with Gasteiger partial charge >= 0.3 is 0 Å². The predicted octanol–water partition coefficient (Wildman–Crippen LogP) is 5.47. The highest BCUT2D eigenvalue weighted by atomic mass is 16.5. The number of benzene rings is 4. The summed E-state index contributed by atoms with van der Waals surface area (Å²) in [5.41, 5.74) is 0. The zero-order valence-electron chi connectivity index (χ0n) is 15.1. The molecule has 4 aromatic carbocycles. The van der Waals surface area contributed by atoms with Crippen LogP contribution in [0, 0.1) is 0 Å². The second-order valence-corrected chi connectivity index (χ2v) is 6.26. The van der Waals surface area contributed by atoms with Gasteiger partial charge in [0.15, 0.2) is 0 Å². The van der Waals surface area contributed by atoms with Crippen LogP contribution in [0.4, 0.5) is 0 Å². The summed E-state index contributed by atoms with van der Waals surface area (Å²) < 4.78 is 17.4. The van der Waals surface area contributed by atoms with Gasteiger partial charge in [-0.3, -0.25) is 0 Å². The molecule has 4 rings (SSSR count). The first-order valence-corrected chi connectivity index (χ1v) is 9.21. The highest BCUT2D eigenvalue weighted by Crippen LogP contribution is 2.26. The van der Waals surface area contributed by atoms with E-state index in [2.05, 4.69) is 36.4 Å². The molecule has 0 saturated heterocycles. The van der Waals surface area contributed by atoms with E-state index in [1.54, 1.807) is 0 Å². The van der Waals surface area contributed by atoms with Crippen LogP contribution in [0.25, 0.3) is 21.5 Å². The minimum Gasteiger partial charge on any atom is -0.491 e. The zero-order valence-corrected chi connectivity index (χ0v) is 15.1. The maximum atomic E-state index is 5.88. The Bertz CT molecular complexity index is 932. The average molecular weight is 358 g/mol. The van der Waals surface area contributed by atoms with E-state index in [0.29, 0.717) is 26.4 Å². The van der Waals surface area contributed by atoms with E-state index in [4.69, 9.17) is 14.2 Å². The quantitative estimate of drug-likeness (QED) is 0.391. The first-order chi connectivity index (χ1) is 13.4. The molecular formula is C24H22O3. The average Bonchev–Trinajstić information content (AvgIpc) is 2.73. The van der Waals surface area contributed by atoms with Crippen molar-refractivity contribution in [1.82, 2.24) is 0 Å². The van der Waals surface area contributed by atoms with Gasteiger partial charge in [0, 0.05) is 10.8 Å². The van der Waals surface area contributed by atoms with Crippen LogP contribution in [-0.2, 0) is 4.74 Å². The van der Waals surface area contributed by atoms with Crippen LogP contribution in [0.5, 0.6) is 11.5 Å². The smallest absolute Gasteiger partial charge is 0.127 e. The van der Waals surface area contributed by atoms with Crippen molar-refractivity contribution in [1.29, 1.82) is 0 Å². The largest absolute Gasteiger partial charge is 0.491 e. The van der Waals surface area contributed by atoms with E-state index in [1.807, 2.05) is 48.5 Å². The van der Waals surface area contributed by atoms with Crippen molar-refractivity contribution in [2.24, 2.45) is 0 Å². The van der Waals surface area contributed by atoms with Crippen molar-refractivity contribution in [3.63, 3.8) is 0 Å². The number of fused-ring (bicyclic) bond motifs is 2. The summed E-state index contributed by atoms with van der Waals surface area (Å²) >= 11 is 0. The van der Waals surface area contributed by atoms with Crippen LogP contribution >= 0.6 is 0 Å². The Morgan fingerprint density at radius 3 is 1.41 bits per heavy atom. The van der Waals surface area contributed by atoms with Gasteiger partial charge in [0.05, 0.1) is 13.2 Å². The lowest BCUT2D eigenvalue weighted by Crippen LogP contribution is -2.12. The Morgan fingerprint density at radius 2 is 0.889 bits per heavy atom. The van der Waals surface area contributed by atoms with Gasteiger partial charge < -0.3 is 14.2 Å². The molecule has 0 amide bonds. The molecular weight excluding hydrogens is 336 g/mol. The molecule has 0 aromatic heterocycles. The summed E-state index contributed by atoms with van der Waals surface area (Å²) in [7, 11) is 0.